The quantitative estimate of drug-likeness (QED) is 0.763. The van der Waals surface area contributed by atoms with Gasteiger partial charge in [-0.05, 0) is 30.2 Å². The highest BCUT2D eigenvalue weighted by Gasteiger charge is 2.21. The first-order valence-electron chi connectivity index (χ1n) is 5.91. The first-order chi connectivity index (χ1) is 8.77. The van der Waals surface area contributed by atoms with Crippen molar-refractivity contribution in [2.24, 2.45) is 0 Å². The van der Waals surface area contributed by atoms with Crippen LogP contribution in [0.25, 0.3) is 11.1 Å². The fraction of sp³-hybridized carbons (Fsp3) is 0.200. The van der Waals surface area contributed by atoms with Gasteiger partial charge in [0.25, 0.3) is 0 Å². The number of benzene rings is 2. The molecule has 3 rings (SSSR count). The van der Waals surface area contributed by atoms with Crippen molar-refractivity contribution in [3.8, 4) is 22.6 Å². The fourth-order valence-corrected chi connectivity index (χ4v) is 2.20. The number of rotatable bonds is 1. The second-order valence-corrected chi connectivity index (χ2v) is 4.26. The maximum Gasteiger partial charge on any atom is 0.172 e. The van der Waals surface area contributed by atoms with E-state index in [1.807, 2.05) is 31.2 Å². The third-order valence-electron chi connectivity index (χ3n) is 3.07. The van der Waals surface area contributed by atoms with Gasteiger partial charge in [0.05, 0.1) is 5.56 Å². The van der Waals surface area contributed by atoms with Crippen LogP contribution in [0.15, 0.2) is 36.4 Å². The Hall–Kier alpha value is -2.03. The van der Waals surface area contributed by atoms with Crippen molar-refractivity contribution in [3.63, 3.8) is 0 Å². The van der Waals surface area contributed by atoms with Crippen LogP contribution in [-0.2, 0) is 0 Å². The van der Waals surface area contributed by atoms with Crippen molar-refractivity contribution in [1.29, 1.82) is 0 Å². The van der Waals surface area contributed by atoms with E-state index < -0.39 is 0 Å². The van der Waals surface area contributed by atoms with E-state index in [9.17, 15) is 4.39 Å². The molecule has 1 heterocycles. The van der Waals surface area contributed by atoms with Crippen molar-refractivity contribution in [3.05, 3.63) is 47.8 Å². The Morgan fingerprint density at radius 1 is 1.00 bits per heavy atom. The normalized spacial score (nSPS) is 13.4. The van der Waals surface area contributed by atoms with Crippen LogP contribution in [0, 0.1) is 12.7 Å². The van der Waals surface area contributed by atoms with E-state index in [1.54, 1.807) is 6.07 Å². The predicted molar refractivity (Wildman–Crippen MR) is 67.6 cm³/mol. The van der Waals surface area contributed by atoms with Crippen LogP contribution in [0.4, 0.5) is 4.39 Å². The topological polar surface area (TPSA) is 18.5 Å². The summed E-state index contributed by atoms with van der Waals surface area (Å²) in [4.78, 5) is 0. The summed E-state index contributed by atoms with van der Waals surface area (Å²) in [5.41, 5.74) is 2.35. The van der Waals surface area contributed by atoms with Gasteiger partial charge in [-0.15, -0.1) is 0 Å². The summed E-state index contributed by atoms with van der Waals surface area (Å²) in [6, 6.07) is 10.7. The molecule has 0 fully saturated rings. The molecule has 0 amide bonds. The lowest BCUT2D eigenvalue weighted by Crippen LogP contribution is -2.16. The molecule has 0 radical (unpaired) electrons. The molecule has 0 unspecified atom stereocenters. The van der Waals surface area contributed by atoms with E-state index in [4.69, 9.17) is 9.47 Å². The van der Waals surface area contributed by atoms with Crippen molar-refractivity contribution in [2.45, 2.75) is 6.92 Å². The van der Waals surface area contributed by atoms with Gasteiger partial charge < -0.3 is 9.47 Å². The molecule has 18 heavy (non-hydrogen) atoms. The van der Waals surface area contributed by atoms with Gasteiger partial charge in [-0.25, -0.2) is 4.39 Å². The molecule has 0 bridgehead atoms. The Labute approximate surface area is 105 Å². The van der Waals surface area contributed by atoms with Crippen LogP contribution in [0.1, 0.15) is 5.56 Å². The van der Waals surface area contributed by atoms with Gasteiger partial charge in [-0.3, -0.25) is 0 Å². The predicted octanol–water partition coefficient (Wildman–Crippen LogP) is 3.57. The van der Waals surface area contributed by atoms with E-state index in [1.165, 1.54) is 6.07 Å². The minimum absolute atomic E-state index is 0.284. The first kappa shape index (κ1) is 11.1. The van der Waals surface area contributed by atoms with Gasteiger partial charge in [-0.2, -0.15) is 0 Å². The molecule has 0 aliphatic carbocycles. The molecule has 0 spiro atoms. The van der Waals surface area contributed by atoms with Gasteiger partial charge >= 0.3 is 0 Å². The molecule has 0 N–H and O–H groups in total. The maximum atomic E-state index is 14.1. The second kappa shape index (κ2) is 4.33. The zero-order valence-electron chi connectivity index (χ0n) is 10.1. The number of hydrogen-bond acceptors (Lipinski definition) is 2. The largest absolute Gasteiger partial charge is 0.486 e. The van der Waals surface area contributed by atoms with E-state index in [0.717, 1.165) is 11.1 Å². The molecule has 1 aliphatic heterocycles. The van der Waals surface area contributed by atoms with Crippen molar-refractivity contribution in [1.82, 2.24) is 0 Å². The molecular weight excluding hydrogens is 231 g/mol. The van der Waals surface area contributed by atoms with E-state index in [0.29, 0.717) is 30.3 Å². The lowest BCUT2D eigenvalue weighted by atomic mass is 9.98. The Morgan fingerprint density at radius 2 is 1.78 bits per heavy atom. The van der Waals surface area contributed by atoms with E-state index in [-0.39, 0.29) is 5.82 Å². The monoisotopic (exact) mass is 244 g/mol. The zero-order valence-corrected chi connectivity index (χ0v) is 10.1. The van der Waals surface area contributed by atoms with Crippen molar-refractivity contribution in [2.75, 3.05) is 13.2 Å². The molecule has 0 atom stereocenters. The van der Waals surface area contributed by atoms with Gasteiger partial charge in [-0.1, -0.05) is 24.3 Å². The van der Waals surface area contributed by atoms with Gasteiger partial charge in [0.2, 0.25) is 0 Å². The summed E-state index contributed by atoms with van der Waals surface area (Å²) in [6.07, 6.45) is 0. The number of hydrogen-bond donors (Lipinski definition) is 0. The Kier molecular flexibility index (Phi) is 2.67. The summed E-state index contributed by atoms with van der Waals surface area (Å²) >= 11 is 0. The average molecular weight is 244 g/mol. The highest BCUT2D eigenvalue weighted by molar-refractivity contribution is 5.76. The molecule has 0 saturated carbocycles. The number of aryl methyl sites for hydroxylation is 1. The van der Waals surface area contributed by atoms with Crippen LogP contribution in [0.3, 0.4) is 0 Å². The summed E-state index contributed by atoms with van der Waals surface area (Å²) < 4.78 is 25.2. The van der Waals surface area contributed by atoms with Crippen molar-refractivity contribution < 1.29 is 13.9 Å². The molecule has 3 heteroatoms. The van der Waals surface area contributed by atoms with Crippen LogP contribution >= 0.6 is 0 Å². The third-order valence-corrected chi connectivity index (χ3v) is 3.07. The molecule has 2 aromatic rings. The highest BCUT2D eigenvalue weighted by atomic mass is 19.1. The molecule has 0 aromatic heterocycles. The summed E-state index contributed by atoms with van der Waals surface area (Å²) in [7, 11) is 0. The molecule has 92 valence electrons. The Morgan fingerprint density at radius 3 is 2.61 bits per heavy atom. The van der Waals surface area contributed by atoms with Crippen LogP contribution in [0.2, 0.25) is 0 Å². The maximum absolute atomic E-state index is 14.1. The second-order valence-electron chi connectivity index (χ2n) is 4.26. The number of fused-ring (bicyclic) bond motifs is 1. The SMILES string of the molecule is Cc1ccccc1-c1c(F)ccc2c1OCCO2. The molecule has 2 nitrogen and oxygen atoms in total. The van der Waals surface area contributed by atoms with Gasteiger partial charge in [0, 0.05) is 0 Å². The van der Waals surface area contributed by atoms with E-state index >= 15 is 0 Å². The lowest BCUT2D eigenvalue weighted by molar-refractivity contribution is 0.171. The first-order valence-corrected chi connectivity index (χ1v) is 5.91. The highest BCUT2D eigenvalue weighted by Crippen LogP contribution is 2.42. The van der Waals surface area contributed by atoms with Crippen molar-refractivity contribution >= 4 is 0 Å². The number of halogens is 1. The minimum atomic E-state index is -0.284. The van der Waals surface area contributed by atoms with Crippen LogP contribution in [-0.4, -0.2) is 13.2 Å². The molecular formula is C15H13FO2. The van der Waals surface area contributed by atoms with Gasteiger partial charge in [0.15, 0.2) is 11.5 Å². The molecule has 1 aliphatic rings. The molecule has 0 saturated heterocycles. The Bertz CT molecular complexity index is 593. The number of ether oxygens (including phenoxy) is 2. The summed E-state index contributed by atoms with van der Waals surface area (Å²) in [5.74, 6) is 0.838. The fourth-order valence-electron chi connectivity index (χ4n) is 2.20. The average Bonchev–Trinajstić information content (AvgIpc) is 2.40. The Balaban J connectivity index is 2.25. The lowest BCUT2D eigenvalue weighted by Gasteiger charge is -2.22. The third kappa shape index (κ3) is 1.72. The van der Waals surface area contributed by atoms with E-state index in [2.05, 4.69) is 0 Å². The smallest absolute Gasteiger partial charge is 0.172 e. The minimum Gasteiger partial charge on any atom is -0.486 e. The van der Waals surface area contributed by atoms with Gasteiger partial charge in [0.1, 0.15) is 19.0 Å². The summed E-state index contributed by atoms with van der Waals surface area (Å²) in [6.45, 7) is 2.92. The van der Waals surface area contributed by atoms with Crippen LogP contribution in [0.5, 0.6) is 11.5 Å². The molecule has 2 aromatic carbocycles. The summed E-state index contributed by atoms with van der Waals surface area (Å²) in [5, 5.41) is 0. The zero-order chi connectivity index (χ0) is 12.5. The van der Waals surface area contributed by atoms with Crippen LogP contribution < -0.4 is 9.47 Å². The standard InChI is InChI=1S/C15H13FO2/c1-10-4-2-3-5-11(10)14-12(16)6-7-13-15(14)18-9-8-17-13/h2-7H,8-9H2,1H3.